The maximum Gasteiger partial charge on any atom is 0.264 e. The molecule has 0 unspecified atom stereocenters. The van der Waals surface area contributed by atoms with Crippen LogP contribution >= 0.6 is 11.6 Å². The Hall–Kier alpha value is -3.03. The Morgan fingerprint density at radius 1 is 0.943 bits per heavy atom. The molecule has 3 aromatic rings. The quantitative estimate of drug-likeness (QED) is 0.436. The van der Waals surface area contributed by atoms with Gasteiger partial charge in [0.1, 0.15) is 6.54 Å². The molecular weight excluding hydrogens is 482 g/mol. The lowest BCUT2D eigenvalue weighted by Gasteiger charge is -2.29. The molecule has 4 rings (SSSR count). The molecule has 35 heavy (non-hydrogen) atoms. The lowest BCUT2D eigenvalue weighted by atomic mass is 10.1. The number of benzene rings is 3. The van der Waals surface area contributed by atoms with Gasteiger partial charge in [-0.05, 0) is 87.2 Å². The molecule has 0 aromatic heterocycles. The number of nitrogens with one attached hydrogen (secondary N) is 1. The van der Waals surface area contributed by atoms with Gasteiger partial charge >= 0.3 is 0 Å². The monoisotopic (exact) mass is 511 g/mol. The summed E-state index contributed by atoms with van der Waals surface area (Å²) in [5, 5.41) is 3.27. The number of nitrogens with zero attached hydrogens (tertiary/aromatic N) is 2. The zero-order valence-electron chi connectivity index (χ0n) is 20.0. The van der Waals surface area contributed by atoms with Crippen LogP contribution < -0.4 is 14.5 Å². The standard InChI is InChI=1S/C27H30ClN3O3S/c1-20-6-14-25(15-7-20)35(33,34)31(24-11-8-21(2)26(28)18-24)19-27(32)29-22-9-12-23(13-10-22)30-16-4-3-5-17-30/h6-15,18H,3-5,16-17,19H2,1-2H3,(H,29,32). The van der Waals surface area contributed by atoms with E-state index in [4.69, 9.17) is 11.6 Å². The van der Waals surface area contributed by atoms with Crippen LogP contribution in [0.4, 0.5) is 17.1 Å². The first-order valence-electron chi connectivity index (χ1n) is 11.7. The number of carbonyl (C=O) groups excluding carboxylic acids is 1. The Morgan fingerprint density at radius 2 is 1.60 bits per heavy atom. The molecule has 1 heterocycles. The van der Waals surface area contributed by atoms with Gasteiger partial charge in [0.15, 0.2) is 0 Å². The average molecular weight is 512 g/mol. The summed E-state index contributed by atoms with van der Waals surface area (Å²) in [6, 6.07) is 19.2. The number of hydrogen-bond acceptors (Lipinski definition) is 4. The van der Waals surface area contributed by atoms with Crippen molar-refractivity contribution < 1.29 is 13.2 Å². The number of carbonyl (C=O) groups is 1. The van der Waals surface area contributed by atoms with Crippen molar-refractivity contribution >= 4 is 44.6 Å². The Bertz CT molecular complexity index is 1290. The van der Waals surface area contributed by atoms with Crippen LogP contribution in [-0.2, 0) is 14.8 Å². The smallest absolute Gasteiger partial charge is 0.264 e. The molecule has 1 amide bonds. The Kier molecular flexibility index (Phi) is 7.67. The molecule has 184 valence electrons. The first-order chi connectivity index (χ1) is 16.7. The Labute approximate surface area is 212 Å². The number of amides is 1. The fraction of sp³-hybridized carbons (Fsp3) is 0.296. The molecule has 0 aliphatic carbocycles. The number of piperidine rings is 1. The van der Waals surface area contributed by atoms with Crippen LogP contribution in [0.2, 0.25) is 5.02 Å². The highest BCUT2D eigenvalue weighted by Crippen LogP contribution is 2.28. The van der Waals surface area contributed by atoms with Crippen molar-refractivity contribution in [1.82, 2.24) is 0 Å². The van der Waals surface area contributed by atoms with Crippen LogP contribution in [0.5, 0.6) is 0 Å². The zero-order valence-corrected chi connectivity index (χ0v) is 21.6. The highest BCUT2D eigenvalue weighted by Gasteiger charge is 2.27. The van der Waals surface area contributed by atoms with Gasteiger partial charge in [0, 0.05) is 29.5 Å². The van der Waals surface area contributed by atoms with Crippen LogP contribution in [0.25, 0.3) is 0 Å². The molecule has 8 heteroatoms. The number of hydrogen-bond donors (Lipinski definition) is 1. The third-order valence-corrected chi connectivity index (χ3v) is 8.41. The normalized spacial score (nSPS) is 14.0. The molecule has 0 atom stereocenters. The fourth-order valence-corrected chi connectivity index (χ4v) is 5.72. The molecule has 1 fully saturated rings. The molecule has 1 aliphatic heterocycles. The highest BCUT2D eigenvalue weighted by molar-refractivity contribution is 7.92. The molecule has 0 saturated carbocycles. The van der Waals surface area contributed by atoms with Gasteiger partial charge in [0.25, 0.3) is 10.0 Å². The van der Waals surface area contributed by atoms with Crippen molar-refractivity contribution in [1.29, 1.82) is 0 Å². The van der Waals surface area contributed by atoms with E-state index in [0.717, 1.165) is 34.2 Å². The van der Waals surface area contributed by atoms with E-state index in [1.54, 1.807) is 42.5 Å². The first kappa shape index (κ1) is 25.1. The van der Waals surface area contributed by atoms with Gasteiger partial charge in [0.2, 0.25) is 5.91 Å². The van der Waals surface area contributed by atoms with Crippen molar-refractivity contribution in [3.63, 3.8) is 0 Å². The molecule has 0 bridgehead atoms. The van der Waals surface area contributed by atoms with Crippen LogP contribution in [-0.4, -0.2) is 34.0 Å². The summed E-state index contributed by atoms with van der Waals surface area (Å²) >= 11 is 6.29. The minimum atomic E-state index is -4.00. The summed E-state index contributed by atoms with van der Waals surface area (Å²) in [7, 11) is -4.00. The maximum atomic E-state index is 13.5. The molecule has 6 nitrogen and oxygen atoms in total. The molecular formula is C27H30ClN3O3S. The summed E-state index contributed by atoms with van der Waals surface area (Å²) in [4.78, 5) is 15.5. The van der Waals surface area contributed by atoms with E-state index < -0.39 is 15.9 Å². The van der Waals surface area contributed by atoms with Crippen LogP contribution in [0, 0.1) is 13.8 Å². The van der Waals surface area contributed by atoms with Crippen LogP contribution in [0.15, 0.2) is 71.6 Å². The van der Waals surface area contributed by atoms with Gasteiger partial charge < -0.3 is 10.2 Å². The molecule has 1 N–H and O–H groups in total. The van der Waals surface area contributed by atoms with E-state index in [-0.39, 0.29) is 11.4 Å². The largest absolute Gasteiger partial charge is 0.372 e. The van der Waals surface area contributed by atoms with Gasteiger partial charge in [-0.1, -0.05) is 35.4 Å². The zero-order chi connectivity index (χ0) is 25.0. The lowest BCUT2D eigenvalue weighted by Crippen LogP contribution is -2.38. The molecule has 0 spiro atoms. The van der Waals surface area contributed by atoms with E-state index in [1.165, 1.54) is 19.3 Å². The minimum Gasteiger partial charge on any atom is -0.372 e. The number of halogens is 1. The third kappa shape index (κ3) is 5.97. The number of rotatable bonds is 7. The van der Waals surface area contributed by atoms with E-state index in [1.807, 2.05) is 38.1 Å². The molecule has 1 saturated heterocycles. The fourth-order valence-electron chi connectivity index (χ4n) is 4.13. The van der Waals surface area contributed by atoms with Crippen molar-refractivity contribution in [2.45, 2.75) is 38.0 Å². The van der Waals surface area contributed by atoms with E-state index in [2.05, 4.69) is 10.2 Å². The highest BCUT2D eigenvalue weighted by atomic mass is 35.5. The SMILES string of the molecule is Cc1ccc(S(=O)(=O)N(CC(=O)Nc2ccc(N3CCCCC3)cc2)c2ccc(C)c(Cl)c2)cc1. The van der Waals surface area contributed by atoms with Crippen LogP contribution in [0.1, 0.15) is 30.4 Å². The van der Waals surface area contributed by atoms with Crippen molar-refractivity contribution in [2.75, 3.05) is 34.2 Å². The predicted molar refractivity (Wildman–Crippen MR) is 143 cm³/mol. The van der Waals surface area contributed by atoms with Gasteiger partial charge in [-0.3, -0.25) is 9.10 Å². The van der Waals surface area contributed by atoms with Crippen molar-refractivity contribution in [3.8, 4) is 0 Å². The second-order valence-electron chi connectivity index (χ2n) is 8.90. The molecule has 1 aliphatic rings. The first-order valence-corrected chi connectivity index (χ1v) is 13.6. The van der Waals surface area contributed by atoms with E-state index in [0.29, 0.717) is 16.4 Å². The average Bonchev–Trinajstić information content (AvgIpc) is 2.85. The Balaban J connectivity index is 1.56. The van der Waals surface area contributed by atoms with E-state index >= 15 is 0 Å². The summed E-state index contributed by atoms with van der Waals surface area (Å²) in [6.45, 7) is 5.42. The number of anilines is 3. The van der Waals surface area contributed by atoms with Gasteiger partial charge in [-0.15, -0.1) is 0 Å². The summed E-state index contributed by atoms with van der Waals surface area (Å²) in [5.74, 6) is -0.442. The number of sulfonamides is 1. The van der Waals surface area contributed by atoms with Crippen LogP contribution in [0.3, 0.4) is 0 Å². The molecule has 3 aromatic carbocycles. The van der Waals surface area contributed by atoms with Gasteiger partial charge in [-0.2, -0.15) is 0 Å². The van der Waals surface area contributed by atoms with Gasteiger partial charge in [0.05, 0.1) is 10.6 Å². The summed E-state index contributed by atoms with van der Waals surface area (Å²) in [6.07, 6.45) is 3.64. The topological polar surface area (TPSA) is 69.7 Å². The maximum absolute atomic E-state index is 13.5. The van der Waals surface area contributed by atoms with Crippen molar-refractivity contribution in [2.24, 2.45) is 0 Å². The third-order valence-electron chi connectivity index (χ3n) is 6.21. The second kappa shape index (κ2) is 10.7. The summed E-state index contributed by atoms with van der Waals surface area (Å²) in [5.41, 5.74) is 3.84. The second-order valence-corrected chi connectivity index (χ2v) is 11.2. The summed E-state index contributed by atoms with van der Waals surface area (Å²) < 4.78 is 28.2. The molecule has 0 radical (unpaired) electrons. The predicted octanol–water partition coefficient (Wildman–Crippen LogP) is 5.78. The number of aryl methyl sites for hydroxylation is 2. The van der Waals surface area contributed by atoms with Gasteiger partial charge in [-0.25, -0.2) is 8.42 Å². The Morgan fingerprint density at radius 3 is 2.23 bits per heavy atom. The lowest BCUT2D eigenvalue weighted by molar-refractivity contribution is -0.114. The van der Waals surface area contributed by atoms with Crippen molar-refractivity contribution in [3.05, 3.63) is 82.9 Å². The minimum absolute atomic E-state index is 0.110. The van der Waals surface area contributed by atoms with E-state index in [9.17, 15) is 13.2 Å².